The zero-order chi connectivity index (χ0) is 18.4. The molecule has 28 heavy (non-hydrogen) atoms. The third-order valence-corrected chi connectivity index (χ3v) is 4.59. The number of nitrogens with zero attached hydrogens (tertiary/aromatic N) is 2. The Morgan fingerprint density at radius 2 is 1.96 bits per heavy atom. The molecule has 1 saturated heterocycles. The van der Waals surface area contributed by atoms with E-state index in [1.807, 2.05) is 11.9 Å². The van der Waals surface area contributed by atoms with E-state index in [1.54, 1.807) is 42.6 Å². The fraction of sp³-hybridized carbons (Fsp3) is 0.350. The summed E-state index contributed by atoms with van der Waals surface area (Å²) >= 11 is 0. The van der Waals surface area contributed by atoms with E-state index in [9.17, 15) is 9.59 Å². The molecule has 6 nitrogen and oxygen atoms in total. The van der Waals surface area contributed by atoms with Crippen LogP contribution in [0.5, 0.6) is 0 Å². The van der Waals surface area contributed by atoms with Gasteiger partial charge in [-0.25, -0.2) is 0 Å². The summed E-state index contributed by atoms with van der Waals surface area (Å²) in [6, 6.07) is 10.5. The Balaban J connectivity index is 0.00000196. The highest BCUT2D eigenvalue weighted by atomic mass is 35.5. The molecular formula is C20H26Cl2N4O2. The van der Waals surface area contributed by atoms with Gasteiger partial charge in [-0.05, 0) is 62.7 Å². The van der Waals surface area contributed by atoms with Gasteiger partial charge in [0.25, 0.3) is 11.8 Å². The molecule has 1 aliphatic rings. The number of anilines is 1. The minimum Gasteiger partial charge on any atom is -0.338 e. The quantitative estimate of drug-likeness (QED) is 0.772. The van der Waals surface area contributed by atoms with E-state index in [2.05, 4.69) is 15.6 Å². The number of carbonyl (C=O) groups is 2. The fourth-order valence-corrected chi connectivity index (χ4v) is 3.32. The summed E-state index contributed by atoms with van der Waals surface area (Å²) < 4.78 is 0. The summed E-state index contributed by atoms with van der Waals surface area (Å²) in [5.74, 6) is 0.268. The Hall–Kier alpha value is -2.15. The zero-order valence-electron chi connectivity index (χ0n) is 15.8. The molecule has 0 bridgehead atoms. The number of hydrogen-bond donors (Lipinski definition) is 2. The van der Waals surface area contributed by atoms with Crippen LogP contribution in [0.4, 0.5) is 5.69 Å². The third-order valence-electron chi connectivity index (χ3n) is 4.59. The number of benzene rings is 1. The highest BCUT2D eigenvalue weighted by Gasteiger charge is 2.24. The molecule has 0 spiro atoms. The number of rotatable bonds is 5. The molecule has 1 aromatic carbocycles. The molecule has 2 aromatic rings. The van der Waals surface area contributed by atoms with Gasteiger partial charge in [0.15, 0.2) is 0 Å². The predicted octanol–water partition coefficient (Wildman–Crippen LogP) is 3.25. The number of carbonyl (C=O) groups excluding carboxylic acids is 2. The molecule has 152 valence electrons. The lowest BCUT2D eigenvalue weighted by atomic mass is 9.97. The van der Waals surface area contributed by atoms with Crippen LogP contribution in [0.1, 0.15) is 33.6 Å². The zero-order valence-corrected chi connectivity index (χ0v) is 17.4. The van der Waals surface area contributed by atoms with Crippen molar-refractivity contribution in [3.05, 3.63) is 59.9 Å². The molecule has 2 heterocycles. The summed E-state index contributed by atoms with van der Waals surface area (Å²) in [7, 11) is 1.94. The molecule has 2 N–H and O–H groups in total. The number of halogens is 2. The molecule has 1 aliphatic heterocycles. The lowest BCUT2D eigenvalue weighted by Gasteiger charge is -2.32. The standard InChI is InChI=1S/C20H24N4O2.2ClH/c1-21-12-15-5-4-10-24(14-15)20(26)16-6-2-8-18(11-16)23-19(25)17-7-3-9-22-13-17;;/h2-3,6-9,11,13,15,21H,4-5,10,12,14H2,1H3,(H,23,25);2*1H. The Bertz CT molecular complexity index is 772. The second kappa shape index (κ2) is 11.6. The maximum absolute atomic E-state index is 12.8. The van der Waals surface area contributed by atoms with Crippen LogP contribution < -0.4 is 10.6 Å². The van der Waals surface area contributed by atoms with Crippen molar-refractivity contribution >= 4 is 42.3 Å². The van der Waals surface area contributed by atoms with Crippen molar-refractivity contribution in [1.29, 1.82) is 0 Å². The SMILES string of the molecule is CNCC1CCCN(C(=O)c2cccc(NC(=O)c3cccnc3)c2)C1.Cl.Cl. The molecular weight excluding hydrogens is 399 g/mol. The fourth-order valence-electron chi connectivity index (χ4n) is 3.32. The summed E-state index contributed by atoms with van der Waals surface area (Å²) in [6.07, 6.45) is 5.30. The highest BCUT2D eigenvalue weighted by Crippen LogP contribution is 2.20. The molecule has 2 amide bonds. The lowest BCUT2D eigenvalue weighted by Crippen LogP contribution is -2.42. The van der Waals surface area contributed by atoms with Gasteiger partial charge >= 0.3 is 0 Å². The van der Waals surface area contributed by atoms with Crippen molar-refractivity contribution < 1.29 is 9.59 Å². The van der Waals surface area contributed by atoms with Crippen LogP contribution in [0, 0.1) is 5.92 Å². The average molecular weight is 425 g/mol. The second-order valence-corrected chi connectivity index (χ2v) is 6.59. The third kappa shape index (κ3) is 6.19. The van der Waals surface area contributed by atoms with Crippen molar-refractivity contribution in [1.82, 2.24) is 15.2 Å². The first-order chi connectivity index (χ1) is 12.7. The summed E-state index contributed by atoms with van der Waals surface area (Å²) in [5.41, 5.74) is 1.68. The molecule has 0 radical (unpaired) electrons. The monoisotopic (exact) mass is 424 g/mol. The Labute approximate surface area is 177 Å². The van der Waals surface area contributed by atoms with Gasteiger partial charge in [-0.2, -0.15) is 0 Å². The number of nitrogens with one attached hydrogen (secondary N) is 2. The van der Waals surface area contributed by atoms with Crippen LogP contribution >= 0.6 is 24.8 Å². The van der Waals surface area contributed by atoms with Crippen molar-refractivity contribution in [3.8, 4) is 0 Å². The van der Waals surface area contributed by atoms with Crippen LogP contribution in [0.25, 0.3) is 0 Å². The van der Waals surface area contributed by atoms with Crippen LogP contribution in [0.15, 0.2) is 48.8 Å². The van der Waals surface area contributed by atoms with Crippen molar-refractivity contribution in [2.45, 2.75) is 12.8 Å². The van der Waals surface area contributed by atoms with Crippen molar-refractivity contribution in [3.63, 3.8) is 0 Å². The van der Waals surface area contributed by atoms with Gasteiger partial charge in [-0.3, -0.25) is 14.6 Å². The minimum atomic E-state index is -0.241. The topological polar surface area (TPSA) is 74.3 Å². The van der Waals surface area contributed by atoms with Crippen LogP contribution in [0.3, 0.4) is 0 Å². The number of pyridine rings is 1. The largest absolute Gasteiger partial charge is 0.338 e. The van der Waals surface area contributed by atoms with Crippen LogP contribution in [-0.4, -0.2) is 48.4 Å². The normalized spacial score (nSPS) is 15.8. The van der Waals surface area contributed by atoms with Crippen molar-refractivity contribution in [2.75, 3.05) is 32.0 Å². The van der Waals surface area contributed by atoms with Gasteiger partial charge in [-0.15, -0.1) is 24.8 Å². The second-order valence-electron chi connectivity index (χ2n) is 6.59. The van der Waals surface area contributed by atoms with Crippen LogP contribution in [0.2, 0.25) is 0 Å². The average Bonchev–Trinajstić information content (AvgIpc) is 2.69. The van der Waals surface area contributed by atoms with E-state index in [0.717, 1.165) is 32.5 Å². The number of aromatic nitrogens is 1. The van der Waals surface area contributed by atoms with Crippen LogP contribution in [-0.2, 0) is 0 Å². The van der Waals surface area contributed by atoms with E-state index in [4.69, 9.17) is 0 Å². The number of piperidine rings is 1. The summed E-state index contributed by atoms with van der Waals surface area (Å²) in [4.78, 5) is 31.0. The van der Waals surface area contributed by atoms with E-state index >= 15 is 0 Å². The van der Waals surface area contributed by atoms with Gasteiger partial charge in [0.2, 0.25) is 0 Å². The highest BCUT2D eigenvalue weighted by molar-refractivity contribution is 6.04. The first kappa shape index (κ1) is 23.9. The van der Waals surface area contributed by atoms with Gasteiger partial charge in [0.1, 0.15) is 0 Å². The number of likely N-dealkylation sites (tertiary alicyclic amines) is 1. The molecule has 8 heteroatoms. The van der Waals surface area contributed by atoms with Crippen molar-refractivity contribution in [2.24, 2.45) is 5.92 Å². The van der Waals surface area contributed by atoms with E-state index in [1.165, 1.54) is 6.20 Å². The van der Waals surface area contributed by atoms with E-state index in [0.29, 0.717) is 22.7 Å². The Kier molecular flexibility index (Phi) is 9.93. The first-order valence-electron chi connectivity index (χ1n) is 8.92. The minimum absolute atomic E-state index is 0. The Morgan fingerprint density at radius 3 is 2.68 bits per heavy atom. The molecule has 0 aliphatic carbocycles. The van der Waals surface area contributed by atoms with Gasteiger partial charge < -0.3 is 15.5 Å². The van der Waals surface area contributed by atoms with E-state index < -0.39 is 0 Å². The molecule has 1 unspecified atom stereocenters. The summed E-state index contributed by atoms with van der Waals surface area (Å²) in [5, 5.41) is 6.02. The van der Waals surface area contributed by atoms with Gasteiger partial charge in [0, 0.05) is 36.7 Å². The van der Waals surface area contributed by atoms with Gasteiger partial charge in [0.05, 0.1) is 5.56 Å². The Morgan fingerprint density at radius 1 is 1.18 bits per heavy atom. The maximum atomic E-state index is 12.8. The molecule has 1 fully saturated rings. The smallest absolute Gasteiger partial charge is 0.257 e. The first-order valence-corrected chi connectivity index (χ1v) is 8.92. The molecule has 1 atom stereocenters. The predicted molar refractivity (Wildman–Crippen MR) is 116 cm³/mol. The molecule has 3 rings (SSSR count). The number of amides is 2. The van der Waals surface area contributed by atoms with E-state index in [-0.39, 0.29) is 36.6 Å². The molecule has 1 aromatic heterocycles. The lowest BCUT2D eigenvalue weighted by molar-refractivity contribution is 0.0674. The molecule has 0 saturated carbocycles. The van der Waals surface area contributed by atoms with Gasteiger partial charge in [-0.1, -0.05) is 6.07 Å². The maximum Gasteiger partial charge on any atom is 0.257 e. The summed E-state index contributed by atoms with van der Waals surface area (Å²) in [6.45, 7) is 2.47. The number of hydrogen-bond acceptors (Lipinski definition) is 4.